The number of nitriles is 1. The summed E-state index contributed by atoms with van der Waals surface area (Å²) in [4.78, 5) is 12.3. The van der Waals surface area contributed by atoms with E-state index < -0.39 is 0 Å². The molecule has 0 radical (unpaired) electrons. The van der Waals surface area contributed by atoms with Crippen LogP contribution in [-0.4, -0.2) is 17.4 Å². The minimum Gasteiger partial charge on any atom is -0.273 e. The Morgan fingerprint density at radius 2 is 2.50 bits per heavy atom. The Balaban J connectivity index is 2.62. The summed E-state index contributed by atoms with van der Waals surface area (Å²) in [7, 11) is 0. The third-order valence-corrected chi connectivity index (χ3v) is 1.83. The Labute approximate surface area is 60.2 Å². The van der Waals surface area contributed by atoms with Gasteiger partial charge in [-0.25, -0.2) is 4.90 Å². The average molecular weight is 138 g/mol. The highest BCUT2D eigenvalue weighted by molar-refractivity contribution is 5.80. The van der Waals surface area contributed by atoms with Gasteiger partial charge in [-0.05, 0) is 12.8 Å². The molecule has 0 bridgehead atoms. The molecule has 0 aromatic rings. The fourth-order valence-corrected chi connectivity index (χ4v) is 1.15. The number of hydrogen-bond donors (Lipinski definition) is 0. The van der Waals surface area contributed by atoms with Crippen LogP contribution in [0.15, 0.2) is 0 Å². The molecule has 1 unspecified atom stereocenters. The van der Waals surface area contributed by atoms with Crippen molar-refractivity contribution in [1.29, 1.82) is 5.26 Å². The molecule has 0 spiro atoms. The molecule has 1 atom stereocenters. The molecule has 54 valence electrons. The second-order valence-corrected chi connectivity index (χ2v) is 2.63. The number of carbonyl (C=O) groups is 1. The first-order chi connectivity index (χ1) is 4.75. The lowest BCUT2D eigenvalue weighted by Gasteiger charge is -2.23. The second-order valence-electron chi connectivity index (χ2n) is 2.63. The van der Waals surface area contributed by atoms with Gasteiger partial charge in [0.15, 0.2) is 6.19 Å². The van der Waals surface area contributed by atoms with Crippen LogP contribution in [0.25, 0.3) is 0 Å². The van der Waals surface area contributed by atoms with Gasteiger partial charge >= 0.3 is 0 Å². The summed E-state index contributed by atoms with van der Waals surface area (Å²) in [5, 5.41) is 8.43. The monoisotopic (exact) mass is 138 g/mol. The van der Waals surface area contributed by atoms with Crippen molar-refractivity contribution < 1.29 is 4.79 Å². The van der Waals surface area contributed by atoms with E-state index in [2.05, 4.69) is 0 Å². The van der Waals surface area contributed by atoms with Crippen molar-refractivity contribution in [2.24, 2.45) is 5.92 Å². The quantitative estimate of drug-likeness (QED) is 0.463. The molecular weight excluding hydrogens is 128 g/mol. The van der Waals surface area contributed by atoms with Crippen LogP contribution in [0.4, 0.5) is 0 Å². The van der Waals surface area contributed by atoms with Gasteiger partial charge in [0.25, 0.3) is 0 Å². The van der Waals surface area contributed by atoms with Crippen LogP contribution < -0.4 is 0 Å². The minimum absolute atomic E-state index is 0.0197. The largest absolute Gasteiger partial charge is 0.273 e. The molecule has 1 amide bonds. The highest BCUT2D eigenvalue weighted by Gasteiger charge is 2.24. The Bertz CT molecular complexity index is 183. The molecule has 1 rings (SSSR count). The molecule has 0 saturated carbocycles. The summed E-state index contributed by atoms with van der Waals surface area (Å²) in [6, 6.07) is 0. The maximum atomic E-state index is 11.1. The molecule has 0 aromatic carbocycles. The maximum Gasteiger partial charge on any atom is 0.238 e. The SMILES string of the molecule is CC1CCCN(C#N)C1=O. The zero-order valence-corrected chi connectivity index (χ0v) is 6.00. The van der Waals surface area contributed by atoms with Crippen LogP contribution in [0.1, 0.15) is 19.8 Å². The van der Waals surface area contributed by atoms with Gasteiger partial charge in [0, 0.05) is 12.5 Å². The average Bonchev–Trinajstić information content (AvgIpc) is 1.95. The molecule has 0 aliphatic carbocycles. The van der Waals surface area contributed by atoms with E-state index in [0.29, 0.717) is 6.54 Å². The van der Waals surface area contributed by atoms with E-state index in [1.807, 2.05) is 13.1 Å². The number of carbonyl (C=O) groups excluding carboxylic acids is 1. The predicted molar refractivity (Wildman–Crippen MR) is 35.7 cm³/mol. The van der Waals surface area contributed by atoms with Gasteiger partial charge in [-0.3, -0.25) is 4.79 Å². The van der Waals surface area contributed by atoms with Crippen molar-refractivity contribution >= 4 is 5.91 Å². The van der Waals surface area contributed by atoms with Crippen LogP contribution in [0.3, 0.4) is 0 Å². The highest BCUT2D eigenvalue weighted by Crippen LogP contribution is 2.15. The zero-order chi connectivity index (χ0) is 7.56. The molecule has 1 fully saturated rings. The number of likely N-dealkylation sites (tertiary alicyclic amines) is 1. The summed E-state index contributed by atoms with van der Waals surface area (Å²) >= 11 is 0. The van der Waals surface area contributed by atoms with Crippen molar-refractivity contribution in [2.45, 2.75) is 19.8 Å². The summed E-state index contributed by atoms with van der Waals surface area (Å²) in [6.45, 7) is 2.48. The van der Waals surface area contributed by atoms with Crippen molar-refractivity contribution in [3.05, 3.63) is 0 Å². The lowest BCUT2D eigenvalue weighted by atomic mass is 10.00. The van der Waals surface area contributed by atoms with Crippen LogP contribution in [0.5, 0.6) is 0 Å². The van der Waals surface area contributed by atoms with Crippen LogP contribution in [-0.2, 0) is 4.79 Å². The Morgan fingerprint density at radius 1 is 1.80 bits per heavy atom. The van der Waals surface area contributed by atoms with Gasteiger partial charge in [0.1, 0.15) is 0 Å². The van der Waals surface area contributed by atoms with Crippen LogP contribution in [0.2, 0.25) is 0 Å². The first-order valence-electron chi connectivity index (χ1n) is 3.47. The third kappa shape index (κ3) is 1.10. The number of hydrogen-bond acceptors (Lipinski definition) is 2. The van der Waals surface area contributed by atoms with Gasteiger partial charge < -0.3 is 0 Å². The van der Waals surface area contributed by atoms with Crippen molar-refractivity contribution in [2.75, 3.05) is 6.54 Å². The van der Waals surface area contributed by atoms with Crippen molar-refractivity contribution in [1.82, 2.24) is 4.90 Å². The standard InChI is InChI=1S/C7H10N2O/c1-6-3-2-4-9(5-8)7(6)10/h6H,2-4H2,1H3. The maximum absolute atomic E-state index is 11.1. The van der Waals surface area contributed by atoms with E-state index in [1.165, 1.54) is 4.90 Å². The van der Waals surface area contributed by atoms with Gasteiger partial charge in [0.05, 0.1) is 0 Å². The van der Waals surface area contributed by atoms with E-state index in [9.17, 15) is 4.79 Å². The lowest BCUT2D eigenvalue weighted by molar-refractivity contribution is -0.134. The molecule has 1 saturated heterocycles. The molecule has 0 aromatic heterocycles. The first-order valence-corrected chi connectivity index (χ1v) is 3.47. The van der Waals surface area contributed by atoms with Crippen molar-refractivity contribution in [3.63, 3.8) is 0 Å². The number of nitrogens with zero attached hydrogens (tertiary/aromatic N) is 2. The van der Waals surface area contributed by atoms with Gasteiger partial charge in [0.2, 0.25) is 5.91 Å². The zero-order valence-electron chi connectivity index (χ0n) is 6.00. The molecular formula is C7H10N2O. The predicted octanol–water partition coefficient (Wildman–Crippen LogP) is 0.726. The topological polar surface area (TPSA) is 44.1 Å². The molecule has 1 aliphatic heterocycles. The first kappa shape index (κ1) is 7.07. The second kappa shape index (κ2) is 2.70. The minimum atomic E-state index is -0.0197. The molecule has 3 heteroatoms. The van der Waals surface area contributed by atoms with Crippen LogP contribution in [0, 0.1) is 17.4 Å². The van der Waals surface area contributed by atoms with E-state index in [0.717, 1.165) is 12.8 Å². The van der Waals surface area contributed by atoms with Crippen molar-refractivity contribution in [3.8, 4) is 6.19 Å². The van der Waals surface area contributed by atoms with E-state index in [1.54, 1.807) is 0 Å². The summed E-state index contributed by atoms with van der Waals surface area (Å²) < 4.78 is 0. The molecule has 1 heterocycles. The molecule has 1 aliphatic rings. The number of rotatable bonds is 0. The van der Waals surface area contributed by atoms with Gasteiger partial charge in [-0.2, -0.15) is 5.26 Å². The summed E-state index contributed by atoms with van der Waals surface area (Å²) in [5.74, 6) is 0.0298. The fraction of sp³-hybridized carbons (Fsp3) is 0.714. The highest BCUT2D eigenvalue weighted by atomic mass is 16.2. The van der Waals surface area contributed by atoms with Gasteiger partial charge in [-0.1, -0.05) is 6.92 Å². The fourth-order valence-electron chi connectivity index (χ4n) is 1.15. The molecule has 0 N–H and O–H groups in total. The Morgan fingerprint density at radius 3 is 3.00 bits per heavy atom. The Hall–Kier alpha value is -1.04. The molecule has 3 nitrogen and oxygen atoms in total. The van der Waals surface area contributed by atoms with E-state index >= 15 is 0 Å². The summed E-state index contributed by atoms with van der Waals surface area (Å²) in [5.41, 5.74) is 0. The van der Waals surface area contributed by atoms with E-state index in [4.69, 9.17) is 5.26 Å². The third-order valence-electron chi connectivity index (χ3n) is 1.83. The van der Waals surface area contributed by atoms with Crippen LogP contribution >= 0.6 is 0 Å². The number of piperidine rings is 1. The van der Waals surface area contributed by atoms with E-state index in [-0.39, 0.29) is 11.8 Å². The number of amides is 1. The molecule has 10 heavy (non-hydrogen) atoms. The Kier molecular flexibility index (Phi) is 1.91. The normalized spacial score (nSPS) is 26.2. The summed E-state index contributed by atoms with van der Waals surface area (Å²) in [6.07, 6.45) is 3.75. The van der Waals surface area contributed by atoms with Gasteiger partial charge in [-0.15, -0.1) is 0 Å². The lowest BCUT2D eigenvalue weighted by Crippen LogP contribution is -2.36. The smallest absolute Gasteiger partial charge is 0.238 e.